The first kappa shape index (κ1) is 25.8. The van der Waals surface area contributed by atoms with Gasteiger partial charge in [-0.1, -0.05) is 23.7 Å². The van der Waals surface area contributed by atoms with Crippen molar-refractivity contribution in [1.29, 1.82) is 0 Å². The van der Waals surface area contributed by atoms with Crippen LogP contribution in [0.3, 0.4) is 0 Å². The van der Waals surface area contributed by atoms with Gasteiger partial charge in [-0.15, -0.1) is 0 Å². The third-order valence-electron chi connectivity index (χ3n) is 6.27. The number of benzene rings is 2. The van der Waals surface area contributed by atoms with Crippen molar-refractivity contribution < 1.29 is 26.0 Å². The van der Waals surface area contributed by atoms with E-state index in [4.69, 9.17) is 16.0 Å². The lowest BCUT2D eigenvalue weighted by Crippen LogP contribution is -2.47. The number of sulfonamides is 1. The van der Waals surface area contributed by atoms with E-state index in [1.54, 1.807) is 12.1 Å². The molecule has 1 aromatic heterocycles. The number of alkyl halides is 3. The van der Waals surface area contributed by atoms with Crippen LogP contribution in [-0.2, 0) is 29.2 Å². The molecule has 0 amide bonds. The van der Waals surface area contributed by atoms with E-state index in [2.05, 4.69) is 4.90 Å². The van der Waals surface area contributed by atoms with Gasteiger partial charge in [-0.2, -0.15) is 17.5 Å². The maximum absolute atomic E-state index is 13.5. The fourth-order valence-corrected chi connectivity index (χ4v) is 6.06. The smallest absolute Gasteiger partial charge is 0.416 e. The first-order valence-corrected chi connectivity index (χ1v) is 13.1. The Kier molecular flexibility index (Phi) is 7.90. The third-order valence-corrected chi connectivity index (χ3v) is 8.44. The maximum Gasteiger partial charge on any atom is 0.416 e. The Hall–Kier alpha value is -2.33. The second kappa shape index (κ2) is 10.7. The molecule has 0 radical (unpaired) electrons. The van der Waals surface area contributed by atoms with E-state index in [0.29, 0.717) is 23.6 Å². The van der Waals surface area contributed by atoms with Gasteiger partial charge in [0.1, 0.15) is 5.76 Å². The number of hydrogen-bond acceptors (Lipinski definition) is 4. The molecule has 3 aromatic rings. The lowest BCUT2D eigenvalue weighted by molar-refractivity contribution is -0.137. The molecule has 0 N–H and O–H groups in total. The van der Waals surface area contributed by atoms with E-state index < -0.39 is 21.8 Å². The highest BCUT2D eigenvalue weighted by atomic mass is 35.5. The second-order valence-electron chi connectivity index (χ2n) is 8.60. The number of rotatable bonds is 8. The summed E-state index contributed by atoms with van der Waals surface area (Å²) < 4.78 is 72.7. The zero-order chi connectivity index (χ0) is 25.1. The van der Waals surface area contributed by atoms with E-state index in [-0.39, 0.29) is 17.5 Å². The van der Waals surface area contributed by atoms with E-state index in [1.807, 2.05) is 24.3 Å². The van der Waals surface area contributed by atoms with Gasteiger partial charge < -0.3 is 9.32 Å². The third kappa shape index (κ3) is 6.46. The summed E-state index contributed by atoms with van der Waals surface area (Å²) >= 11 is 5.94. The lowest BCUT2D eigenvalue weighted by atomic mass is 10.0. The zero-order valence-electron chi connectivity index (χ0n) is 18.9. The summed E-state index contributed by atoms with van der Waals surface area (Å²) in [5, 5.41) is 0.695. The van der Waals surface area contributed by atoms with Crippen LogP contribution in [-0.4, -0.2) is 43.3 Å². The van der Waals surface area contributed by atoms with Crippen molar-refractivity contribution in [2.75, 3.05) is 19.6 Å². The van der Waals surface area contributed by atoms with E-state index >= 15 is 0 Å². The number of likely N-dealkylation sites (tertiary alicyclic amines) is 1. The number of halogens is 4. The first-order chi connectivity index (χ1) is 16.6. The van der Waals surface area contributed by atoms with Crippen LogP contribution in [0.5, 0.6) is 0 Å². The highest BCUT2D eigenvalue weighted by molar-refractivity contribution is 7.89. The molecule has 0 spiro atoms. The summed E-state index contributed by atoms with van der Waals surface area (Å²) in [7, 11) is -4.04. The quantitative estimate of drug-likeness (QED) is 0.369. The summed E-state index contributed by atoms with van der Waals surface area (Å²) in [4.78, 5) is 2.13. The second-order valence-corrected chi connectivity index (χ2v) is 10.9. The molecule has 0 bridgehead atoms. The Balaban J connectivity index is 1.46. The van der Waals surface area contributed by atoms with Crippen molar-refractivity contribution >= 4 is 21.6 Å². The Morgan fingerprint density at radius 3 is 2.23 bits per heavy atom. The molecular formula is C25H26ClF3N2O3S. The van der Waals surface area contributed by atoms with Crippen molar-refractivity contribution in [1.82, 2.24) is 9.21 Å². The Morgan fingerprint density at radius 1 is 1.00 bits per heavy atom. The fraction of sp³-hybridized carbons (Fsp3) is 0.360. The zero-order valence-corrected chi connectivity index (χ0v) is 20.5. The molecule has 4 rings (SSSR count). The molecule has 5 nitrogen and oxygen atoms in total. The number of piperidine rings is 1. The van der Waals surface area contributed by atoms with E-state index in [0.717, 1.165) is 50.3 Å². The lowest BCUT2D eigenvalue weighted by Gasteiger charge is -2.37. The summed E-state index contributed by atoms with van der Waals surface area (Å²) in [6.07, 6.45) is -0.975. The molecule has 0 unspecified atom stereocenters. The largest absolute Gasteiger partial charge is 0.468 e. The van der Waals surface area contributed by atoms with Gasteiger partial charge in [0.05, 0.1) is 23.3 Å². The number of furan rings is 1. The topological polar surface area (TPSA) is 53.8 Å². The van der Waals surface area contributed by atoms with Gasteiger partial charge in [-0.3, -0.25) is 0 Å². The average Bonchev–Trinajstić information content (AvgIpc) is 3.36. The summed E-state index contributed by atoms with van der Waals surface area (Å²) in [5.41, 5.74) is 0.295. The standard InChI is InChI=1S/C25H26ClF3N2O3S/c26-21-7-3-19(4-8-21)11-14-30-15-12-22(13-16-30)31(18-23-2-1-17-34-23)35(32,33)24-9-5-20(6-10-24)25(27,28)29/h1-10,17,22H,11-16,18H2. The minimum atomic E-state index is -4.53. The van der Waals surface area contributed by atoms with Gasteiger partial charge in [0.15, 0.2) is 0 Å². The van der Waals surface area contributed by atoms with Crippen molar-refractivity contribution in [3.63, 3.8) is 0 Å². The van der Waals surface area contributed by atoms with Gasteiger partial charge in [0.2, 0.25) is 10.0 Å². The average molecular weight is 527 g/mol. The van der Waals surface area contributed by atoms with Crippen molar-refractivity contribution in [2.24, 2.45) is 0 Å². The molecule has 1 aliphatic heterocycles. The van der Waals surface area contributed by atoms with Crippen LogP contribution >= 0.6 is 11.6 Å². The van der Waals surface area contributed by atoms with Crippen LogP contribution in [0.15, 0.2) is 76.2 Å². The number of nitrogens with zero attached hydrogens (tertiary/aromatic N) is 2. The molecule has 1 saturated heterocycles. The summed E-state index contributed by atoms with van der Waals surface area (Å²) in [6.45, 7) is 2.30. The molecule has 1 aliphatic rings. The summed E-state index contributed by atoms with van der Waals surface area (Å²) in [6, 6.07) is 14.4. The molecular weight excluding hydrogens is 501 g/mol. The molecule has 188 valence electrons. The molecule has 0 atom stereocenters. The molecule has 35 heavy (non-hydrogen) atoms. The monoisotopic (exact) mass is 526 g/mol. The SMILES string of the molecule is O=S(=O)(c1ccc(C(F)(F)F)cc1)N(Cc1ccco1)C1CCN(CCc2ccc(Cl)cc2)CC1. The highest BCUT2D eigenvalue weighted by Gasteiger charge is 2.36. The molecule has 2 heterocycles. The van der Waals surface area contributed by atoms with Crippen molar-refractivity contribution in [3.05, 3.63) is 88.8 Å². The molecule has 0 aliphatic carbocycles. The fourth-order valence-electron chi connectivity index (χ4n) is 4.29. The summed E-state index contributed by atoms with van der Waals surface area (Å²) in [5.74, 6) is 0.477. The van der Waals surface area contributed by atoms with Crippen LogP contribution in [0.25, 0.3) is 0 Å². The van der Waals surface area contributed by atoms with Crippen LogP contribution in [0.2, 0.25) is 5.02 Å². The predicted molar refractivity (Wildman–Crippen MR) is 127 cm³/mol. The number of hydrogen-bond donors (Lipinski definition) is 0. The molecule has 2 aromatic carbocycles. The normalized spacial score (nSPS) is 16.1. The predicted octanol–water partition coefficient (Wildman–Crippen LogP) is 5.85. The minimum Gasteiger partial charge on any atom is -0.468 e. The van der Waals surface area contributed by atoms with Gasteiger partial charge >= 0.3 is 6.18 Å². The van der Waals surface area contributed by atoms with Crippen LogP contribution in [0.1, 0.15) is 29.7 Å². The van der Waals surface area contributed by atoms with E-state index in [9.17, 15) is 21.6 Å². The van der Waals surface area contributed by atoms with Crippen molar-refractivity contribution in [2.45, 2.75) is 42.9 Å². The maximum atomic E-state index is 13.5. The highest BCUT2D eigenvalue weighted by Crippen LogP contribution is 2.32. The molecule has 0 saturated carbocycles. The molecule has 10 heteroatoms. The van der Waals surface area contributed by atoms with Crippen LogP contribution in [0.4, 0.5) is 13.2 Å². The van der Waals surface area contributed by atoms with Gasteiger partial charge in [0, 0.05) is 17.6 Å². The van der Waals surface area contributed by atoms with Crippen LogP contribution in [0, 0.1) is 0 Å². The Morgan fingerprint density at radius 2 is 1.66 bits per heavy atom. The first-order valence-electron chi connectivity index (χ1n) is 11.3. The van der Waals surface area contributed by atoms with Gasteiger partial charge in [-0.25, -0.2) is 8.42 Å². The Bertz CT molecular complexity index is 1190. The molecule has 1 fully saturated rings. The van der Waals surface area contributed by atoms with Gasteiger partial charge in [-0.05, 0) is 86.4 Å². The minimum absolute atomic E-state index is 0.0196. The Labute approximate surface area is 208 Å². The van der Waals surface area contributed by atoms with Crippen LogP contribution < -0.4 is 0 Å². The van der Waals surface area contributed by atoms with Gasteiger partial charge in [0.25, 0.3) is 0 Å². The van der Waals surface area contributed by atoms with Crippen molar-refractivity contribution in [3.8, 4) is 0 Å². The van der Waals surface area contributed by atoms with E-state index in [1.165, 1.54) is 16.1 Å².